The lowest BCUT2D eigenvalue weighted by molar-refractivity contribution is -0.127. The lowest BCUT2D eigenvalue weighted by Gasteiger charge is -2.12. The molecule has 1 aromatic carbocycles. The van der Waals surface area contributed by atoms with Crippen molar-refractivity contribution in [1.29, 1.82) is 0 Å². The van der Waals surface area contributed by atoms with Gasteiger partial charge in [-0.25, -0.2) is 4.79 Å². The van der Waals surface area contributed by atoms with E-state index < -0.39 is 24.1 Å². The van der Waals surface area contributed by atoms with E-state index in [0.29, 0.717) is 0 Å². The summed E-state index contributed by atoms with van der Waals surface area (Å²) in [5, 5.41) is 8.79. The minimum absolute atomic E-state index is 0.0357. The maximum atomic E-state index is 12.2. The fourth-order valence-electron chi connectivity index (χ4n) is 1.17. The first kappa shape index (κ1) is 13.3. The van der Waals surface area contributed by atoms with E-state index in [1.807, 2.05) is 0 Å². The first-order valence-corrected chi connectivity index (χ1v) is 5.16. The van der Waals surface area contributed by atoms with Gasteiger partial charge in [0.25, 0.3) is 0 Å². The van der Waals surface area contributed by atoms with Gasteiger partial charge in [-0.15, -0.1) is 0 Å². The van der Waals surface area contributed by atoms with Crippen molar-refractivity contribution in [2.45, 2.75) is 12.6 Å². The van der Waals surface area contributed by atoms with Crippen LogP contribution in [-0.2, 0) is 6.42 Å². The van der Waals surface area contributed by atoms with Gasteiger partial charge < -0.3 is 5.11 Å². The van der Waals surface area contributed by atoms with Gasteiger partial charge >= 0.3 is 12.1 Å². The van der Waals surface area contributed by atoms with Crippen molar-refractivity contribution >= 4 is 33.5 Å². The van der Waals surface area contributed by atoms with Crippen LogP contribution in [0.15, 0.2) is 16.6 Å². The highest BCUT2D eigenvalue weighted by Crippen LogP contribution is 2.33. The topological polar surface area (TPSA) is 37.3 Å². The average Bonchev–Trinajstić information content (AvgIpc) is 2.10. The summed E-state index contributed by atoms with van der Waals surface area (Å²) in [6, 6.07) is 2.28. The molecule has 0 aliphatic rings. The van der Waals surface area contributed by atoms with Crippen LogP contribution in [-0.4, -0.2) is 17.3 Å². The highest BCUT2D eigenvalue weighted by Gasteiger charge is 2.31. The largest absolute Gasteiger partial charge is 0.478 e. The molecule has 0 unspecified atom stereocenters. The first-order valence-electron chi connectivity index (χ1n) is 3.99. The van der Waals surface area contributed by atoms with Crippen molar-refractivity contribution in [1.82, 2.24) is 0 Å². The van der Waals surface area contributed by atoms with Crippen LogP contribution in [0.4, 0.5) is 13.2 Å². The number of rotatable bonds is 2. The van der Waals surface area contributed by atoms with Crippen LogP contribution in [0.3, 0.4) is 0 Å². The molecule has 0 atom stereocenters. The Labute approximate surface area is 102 Å². The SMILES string of the molecule is O=C(O)c1ccc(Cl)c(Br)c1CC(F)(F)F. The summed E-state index contributed by atoms with van der Waals surface area (Å²) in [5.41, 5.74) is -0.777. The van der Waals surface area contributed by atoms with Gasteiger partial charge in [0, 0.05) is 4.47 Å². The van der Waals surface area contributed by atoms with E-state index in [-0.39, 0.29) is 15.1 Å². The lowest BCUT2D eigenvalue weighted by Crippen LogP contribution is -2.15. The fraction of sp³-hybridized carbons (Fsp3) is 0.222. The van der Waals surface area contributed by atoms with E-state index in [2.05, 4.69) is 15.9 Å². The van der Waals surface area contributed by atoms with Crippen LogP contribution >= 0.6 is 27.5 Å². The molecule has 1 N–H and O–H groups in total. The molecule has 88 valence electrons. The van der Waals surface area contributed by atoms with Crippen LogP contribution in [0, 0.1) is 0 Å². The van der Waals surface area contributed by atoms with Gasteiger partial charge in [0.1, 0.15) is 0 Å². The Kier molecular flexibility index (Phi) is 3.85. The molecule has 1 aromatic rings. The number of hydrogen-bond donors (Lipinski definition) is 1. The molecule has 0 bridgehead atoms. The van der Waals surface area contributed by atoms with Crippen molar-refractivity contribution < 1.29 is 23.1 Å². The summed E-state index contributed by atoms with van der Waals surface area (Å²) in [7, 11) is 0. The molecule has 0 spiro atoms. The van der Waals surface area contributed by atoms with Crippen LogP contribution in [0.25, 0.3) is 0 Å². The van der Waals surface area contributed by atoms with E-state index in [1.165, 1.54) is 6.07 Å². The molecule has 2 nitrogen and oxygen atoms in total. The maximum absolute atomic E-state index is 12.2. The van der Waals surface area contributed by atoms with Crippen LogP contribution in [0.2, 0.25) is 5.02 Å². The normalized spacial score (nSPS) is 11.6. The number of halogens is 5. The van der Waals surface area contributed by atoms with Crippen molar-refractivity contribution in [3.05, 3.63) is 32.8 Å². The Hall–Kier alpha value is -0.750. The number of benzene rings is 1. The second-order valence-corrected chi connectivity index (χ2v) is 4.18. The molecule has 0 heterocycles. The quantitative estimate of drug-likeness (QED) is 0.898. The number of alkyl halides is 3. The van der Waals surface area contributed by atoms with Gasteiger partial charge in [-0.2, -0.15) is 13.2 Å². The van der Waals surface area contributed by atoms with Crippen LogP contribution < -0.4 is 0 Å². The smallest absolute Gasteiger partial charge is 0.393 e. The summed E-state index contributed by atoms with van der Waals surface area (Å²) >= 11 is 8.47. The van der Waals surface area contributed by atoms with Crippen LogP contribution in [0.5, 0.6) is 0 Å². The van der Waals surface area contributed by atoms with Gasteiger partial charge in [-0.05, 0) is 33.6 Å². The Morgan fingerprint density at radius 1 is 1.44 bits per heavy atom. The lowest BCUT2D eigenvalue weighted by atomic mass is 10.0. The Balaban J connectivity index is 3.32. The molecule has 0 aromatic heterocycles. The Morgan fingerprint density at radius 3 is 2.44 bits per heavy atom. The minimum Gasteiger partial charge on any atom is -0.478 e. The van der Waals surface area contributed by atoms with Crippen molar-refractivity contribution in [3.8, 4) is 0 Å². The number of hydrogen-bond acceptors (Lipinski definition) is 1. The number of carboxylic acid groups (broad SMARTS) is 1. The zero-order valence-corrected chi connectivity index (χ0v) is 9.95. The van der Waals surface area contributed by atoms with E-state index in [1.54, 1.807) is 0 Å². The third-order valence-electron chi connectivity index (χ3n) is 1.80. The summed E-state index contributed by atoms with van der Waals surface area (Å²) in [5.74, 6) is -1.42. The minimum atomic E-state index is -4.49. The predicted octanol–water partition coefficient (Wildman–Crippen LogP) is 3.91. The third-order valence-corrected chi connectivity index (χ3v) is 3.25. The Bertz CT molecular complexity index is 431. The third kappa shape index (κ3) is 3.12. The summed E-state index contributed by atoms with van der Waals surface area (Å²) in [6.07, 6.45) is -5.83. The van der Waals surface area contributed by atoms with Gasteiger partial charge in [-0.1, -0.05) is 11.6 Å². The monoisotopic (exact) mass is 316 g/mol. The van der Waals surface area contributed by atoms with Crippen molar-refractivity contribution in [2.24, 2.45) is 0 Å². The molecule has 1 rings (SSSR count). The molecule has 7 heteroatoms. The predicted molar refractivity (Wildman–Crippen MR) is 55.9 cm³/mol. The molecule has 0 aliphatic carbocycles. The van der Waals surface area contributed by atoms with E-state index in [9.17, 15) is 18.0 Å². The molecule has 0 saturated heterocycles. The number of aromatic carboxylic acids is 1. The fourth-order valence-corrected chi connectivity index (χ4v) is 1.83. The first-order chi connectivity index (χ1) is 7.22. The number of carbonyl (C=O) groups is 1. The van der Waals surface area contributed by atoms with Gasteiger partial charge in [0.05, 0.1) is 17.0 Å². The molecular weight excluding hydrogens is 312 g/mol. The zero-order chi connectivity index (χ0) is 12.5. The molecule has 0 fully saturated rings. The summed E-state index contributed by atoms with van der Waals surface area (Å²) in [6.45, 7) is 0. The Morgan fingerprint density at radius 2 is 2.00 bits per heavy atom. The van der Waals surface area contributed by atoms with E-state index in [4.69, 9.17) is 16.7 Å². The standard InChI is InChI=1S/C9H5BrClF3O2/c10-7-5(3-9(12,13)14)4(8(15)16)1-2-6(7)11/h1-2H,3H2,(H,15,16). The molecule has 0 aliphatic heterocycles. The maximum Gasteiger partial charge on any atom is 0.393 e. The number of carboxylic acids is 1. The molecule has 0 amide bonds. The zero-order valence-electron chi connectivity index (χ0n) is 7.61. The molecule has 16 heavy (non-hydrogen) atoms. The summed E-state index contributed by atoms with van der Waals surface area (Å²) in [4.78, 5) is 10.7. The van der Waals surface area contributed by atoms with E-state index in [0.717, 1.165) is 6.07 Å². The van der Waals surface area contributed by atoms with E-state index >= 15 is 0 Å². The highest BCUT2D eigenvalue weighted by atomic mass is 79.9. The molecular formula is C9H5BrClF3O2. The average molecular weight is 317 g/mol. The second-order valence-electron chi connectivity index (χ2n) is 2.98. The molecule has 0 radical (unpaired) electrons. The van der Waals surface area contributed by atoms with Crippen molar-refractivity contribution in [3.63, 3.8) is 0 Å². The van der Waals surface area contributed by atoms with Crippen LogP contribution in [0.1, 0.15) is 15.9 Å². The van der Waals surface area contributed by atoms with Gasteiger partial charge in [-0.3, -0.25) is 0 Å². The van der Waals surface area contributed by atoms with Gasteiger partial charge in [0.2, 0.25) is 0 Å². The summed E-state index contributed by atoms with van der Waals surface area (Å²) < 4.78 is 36.7. The molecule has 0 saturated carbocycles. The van der Waals surface area contributed by atoms with Crippen molar-refractivity contribution in [2.75, 3.05) is 0 Å². The van der Waals surface area contributed by atoms with Gasteiger partial charge in [0.15, 0.2) is 0 Å². The second kappa shape index (κ2) is 4.63. The highest BCUT2D eigenvalue weighted by molar-refractivity contribution is 9.10.